The van der Waals surface area contributed by atoms with E-state index < -0.39 is 20.9 Å². The second-order valence-electron chi connectivity index (χ2n) is 5.07. The second kappa shape index (κ2) is 5.40. The number of halogens is 1. The number of nitrogens with zero attached hydrogens (tertiary/aromatic N) is 3. The van der Waals surface area contributed by atoms with Crippen LogP contribution in [0.4, 0.5) is 5.69 Å². The molecule has 0 saturated carbocycles. The third kappa shape index (κ3) is 2.56. The molecule has 1 N–H and O–H groups in total. The SMILES string of the molecule is O=S(=O)(Nc1ccc2cnccc2c1)C1C(Cl)N=C2SC=CN21. The molecule has 2 aromatic rings. The van der Waals surface area contributed by atoms with Crippen LogP contribution in [0.2, 0.25) is 0 Å². The van der Waals surface area contributed by atoms with Crippen LogP contribution in [0.3, 0.4) is 0 Å². The van der Waals surface area contributed by atoms with E-state index in [0.717, 1.165) is 10.8 Å². The Balaban J connectivity index is 1.65. The number of rotatable bonds is 3. The van der Waals surface area contributed by atoms with Gasteiger partial charge in [0.2, 0.25) is 0 Å². The first-order chi connectivity index (χ1) is 11.0. The van der Waals surface area contributed by atoms with E-state index in [0.29, 0.717) is 10.9 Å². The number of anilines is 1. The molecule has 3 heterocycles. The van der Waals surface area contributed by atoms with Crippen LogP contribution < -0.4 is 4.72 Å². The van der Waals surface area contributed by atoms with Crippen molar-refractivity contribution in [2.75, 3.05) is 4.72 Å². The fraction of sp³-hybridized carbons (Fsp3) is 0.143. The monoisotopic (exact) mass is 366 g/mol. The van der Waals surface area contributed by atoms with Gasteiger partial charge in [0.25, 0.3) is 10.0 Å². The standard InChI is InChI=1S/C14H11ClN4O2S2/c15-12-13(19-5-6-22-14(19)17-12)23(20,21)18-11-2-1-10-8-16-4-3-9(10)7-11/h1-8,12-13,18H. The number of amidine groups is 1. The Morgan fingerprint density at radius 1 is 1.26 bits per heavy atom. The lowest BCUT2D eigenvalue weighted by molar-refractivity contribution is 0.504. The van der Waals surface area contributed by atoms with Crippen molar-refractivity contribution in [3.8, 4) is 0 Å². The van der Waals surface area contributed by atoms with Gasteiger partial charge in [0.05, 0.1) is 0 Å². The average Bonchev–Trinajstić information content (AvgIpc) is 3.06. The summed E-state index contributed by atoms with van der Waals surface area (Å²) in [6.45, 7) is 0. The second-order valence-corrected chi connectivity index (χ2v) is 8.17. The molecule has 23 heavy (non-hydrogen) atoms. The fourth-order valence-corrected chi connectivity index (χ4v) is 5.47. The molecule has 2 unspecified atom stereocenters. The molecule has 0 amide bonds. The molecule has 6 nitrogen and oxygen atoms in total. The molecule has 0 spiro atoms. The molecular formula is C14H11ClN4O2S2. The molecule has 0 fully saturated rings. The predicted octanol–water partition coefficient (Wildman–Crippen LogP) is 2.76. The van der Waals surface area contributed by atoms with Gasteiger partial charge in [0, 0.05) is 29.7 Å². The molecule has 1 aromatic carbocycles. The zero-order valence-electron chi connectivity index (χ0n) is 11.6. The van der Waals surface area contributed by atoms with Crippen molar-refractivity contribution in [1.29, 1.82) is 0 Å². The minimum atomic E-state index is -3.74. The number of alkyl halides is 1. The Bertz CT molecular complexity index is 945. The zero-order chi connectivity index (χ0) is 16.0. The number of sulfonamides is 1. The van der Waals surface area contributed by atoms with Crippen LogP contribution >= 0.6 is 23.4 Å². The highest BCUT2D eigenvalue weighted by molar-refractivity contribution is 8.16. The summed E-state index contributed by atoms with van der Waals surface area (Å²) in [7, 11) is -3.74. The maximum absolute atomic E-state index is 12.7. The summed E-state index contributed by atoms with van der Waals surface area (Å²) < 4.78 is 28.1. The minimum Gasteiger partial charge on any atom is -0.305 e. The van der Waals surface area contributed by atoms with Gasteiger partial charge in [-0.05, 0) is 29.0 Å². The number of fused-ring (bicyclic) bond motifs is 2. The Morgan fingerprint density at radius 3 is 3.00 bits per heavy atom. The van der Waals surface area contributed by atoms with Crippen molar-refractivity contribution in [2.45, 2.75) is 10.9 Å². The van der Waals surface area contributed by atoms with Crippen molar-refractivity contribution in [1.82, 2.24) is 9.88 Å². The molecular weight excluding hydrogens is 356 g/mol. The van der Waals surface area contributed by atoms with E-state index in [2.05, 4.69) is 14.7 Å². The first-order valence-corrected chi connectivity index (χ1v) is 9.60. The zero-order valence-corrected chi connectivity index (χ0v) is 14.0. The number of nitrogens with one attached hydrogen (secondary N) is 1. The molecule has 2 atom stereocenters. The Hall–Kier alpha value is -1.77. The average molecular weight is 367 g/mol. The van der Waals surface area contributed by atoms with E-state index in [-0.39, 0.29) is 0 Å². The molecule has 118 valence electrons. The van der Waals surface area contributed by atoms with Crippen LogP contribution in [0.1, 0.15) is 0 Å². The van der Waals surface area contributed by atoms with Gasteiger partial charge < -0.3 is 4.90 Å². The largest absolute Gasteiger partial charge is 0.305 e. The summed E-state index contributed by atoms with van der Waals surface area (Å²) >= 11 is 7.48. The van der Waals surface area contributed by atoms with Gasteiger partial charge in [-0.15, -0.1) is 0 Å². The highest BCUT2D eigenvalue weighted by atomic mass is 35.5. The molecule has 9 heteroatoms. The first-order valence-electron chi connectivity index (χ1n) is 6.73. The summed E-state index contributed by atoms with van der Waals surface area (Å²) in [5.74, 6) is 0. The third-order valence-electron chi connectivity index (χ3n) is 3.58. The molecule has 0 aliphatic carbocycles. The normalized spacial score (nSPS) is 23.2. The number of thioether (sulfide) groups is 1. The third-order valence-corrected chi connectivity index (χ3v) is 6.49. The molecule has 4 rings (SSSR count). The summed E-state index contributed by atoms with van der Waals surface area (Å²) in [5.41, 5.74) is -0.360. The van der Waals surface area contributed by atoms with Gasteiger partial charge in [-0.2, -0.15) is 0 Å². The molecule has 2 aliphatic rings. The molecule has 1 aromatic heterocycles. The van der Waals surface area contributed by atoms with Gasteiger partial charge in [-0.1, -0.05) is 29.4 Å². The van der Waals surface area contributed by atoms with Gasteiger partial charge in [-0.3, -0.25) is 9.71 Å². The summed E-state index contributed by atoms with van der Waals surface area (Å²) in [5, 5.41) is 3.27. The van der Waals surface area contributed by atoms with Crippen LogP contribution in [0.5, 0.6) is 0 Å². The fourth-order valence-electron chi connectivity index (χ4n) is 2.54. The number of benzene rings is 1. The smallest absolute Gasteiger partial charge is 0.257 e. The van der Waals surface area contributed by atoms with Crippen LogP contribution in [-0.4, -0.2) is 34.3 Å². The van der Waals surface area contributed by atoms with Crippen molar-refractivity contribution in [3.63, 3.8) is 0 Å². The van der Waals surface area contributed by atoms with Gasteiger partial charge in [0.1, 0.15) is 0 Å². The maximum atomic E-state index is 12.7. The number of pyridine rings is 1. The summed E-state index contributed by atoms with van der Waals surface area (Å²) in [6.07, 6.45) is 5.08. The lowest BCUT2D eigenvalue weighted by Gasteiger charge is -2.23. The van der Waals surface area contributed by atoms with Crippen LogP contribution in [-0.2, 0) is 10.0 Å². The first kappa shape index (κ1) is 14.8. The lowest BCUT2D eigenvalue weighted by atomic mass is 10.2. The number of hydrogen-bond acceptors (Lipinski definition) is 6. The van der Waals surface area contributed by atoms with E-state index in [1.54, 1.807) is 41.0 Å². The van der Waals surface area contributed by atoms with E-state index >= 15 is 0 Å². The van der Waals surface area contributed by atoms with Gasteiger partial charge >= 0.3 is 0 Å². The minimum absolute atomic E-state index is 0.483. The predicted molar refractivity (Wildman–Crippen MR) is 93.7 cm³/mol. The topological polar surface area (TPSA) is 74.7 Å². The van der Waals surface area contributed by atoms with Crippen LogP contribution in [0.25, 0.3) is 10.8 Å². The van der Waals surface area contributed by atoms with Gasteiger partial charge in [-0.25, -0.2) is 13.4 Å². The van der Waals surface area contributed by atoms with Crippen molar-refractivity contribution >= 4 is 55.0 Å². The van der Waals surface area contributed by atoms with E-state index in [4.69, 9.17) is 11.6 Å². The molecule has 2 aliphatic heterocycles. The van der Waals surface area contributed by atoms with Crippen LogP contribution in [0.15, 0.2) is 53.3 Å². The van der Waals surface area contributed by atoms with Gasteiger partial charge in [0.15, 0.2) is 16.0 Å². The molecule has 0 bridgehead atoms. The Labute approximate surface area is 142 Å². The number of aromatic nitrogens is 1. The summed E-state index contributed by atoms with van der Waals surface area (Å²) in [6, 6.07) is 7.12. The highest BCUT2D eigenvalue weighted by Gasteiger charge is 2.45. The number of hydrogen-bond donors (Lipinski definition) is 1. The quantitative estimate of drug-likeness (QED) is 0.667. The van der Waals surface area contributed by atoms with Crippen molar-refractivity contribution < 1.29 is 8.42 Å². The van der Waals surface area contributed by atoms with Crippen LogP contribution in [0, 0.1) is 0 Å². The van der Waals surface area contributed by atoms with Crippen molar-refractivity contribution in [2.24, 2.45) is 4.99 Å². The van der Waals surface area contributed by atoms with E-state index in [1.165, 1.54) is 11.8 Å². The maximum Gasteiger partial charge on any atom is 0.257 e. The Kier molecular flexibility index (Phi) is 3.47. The highest BCUT2D eigenvalue weighted by Crippen LogP contribution is 2.35. The summed E-state index contributed by atoms with van der Waals surface area (Å²) in [4.78, 5) is 9.79. The van der Waals surface area contributed by atoms with E-state index in [9.17, 15) is 8.42 Å². The molecule has 0 saturated heterocycles. The lowest BCUT2D eigenvalue weighted by Crippen LogP contribution is -2.42. The Morgan fingerprint density at radius 2 is 2.13 bits per heavy atom. The van der Waals surface area contributed by atoms with Crippen molar-refractivity contribution in [3.05, 3.63) is 48.3 Å². The van der Waals surface area contributed by atoms with E-state index in [1.807, 2.05) is 12.1 Å². The number of aliphatic imine (C=N–C) groups is 1. The molecule has 0 radical (unpaired) electrons.